The smallest absolute Gasteiger partial charge is 0.156 e. The molecule has 0 fully saturated rings. The summed E-state index contributed by atoms with van der Waals surface area (Å²) in [5.74, 6) is 1.55. The zero-order chi connectivity index (χ0) is 23.9. The molecule has 32 heavy (non-hydrogen) atoms. The van der Waals surface area contributed by atoms with Crippen molar-refractivity contribution in [3.63, 3.8) is 0 Å². The van der Waals surface area contributed by atoms with Gasteiger partial charge in [-0.3, -0.25) is 0 Å². The summed E-state index contributed by atoms with van der Waals surface area (Å²) in [7, 11) is 0. The number of hydrogen-bond donors (Lipinski definition) is 1. The van der Waals surface area contributed by atoms with Crippen LogP contribution in [0.5, 0.6) is 11.5 Å². The maximum Gasteiger partial charge on any atom is 0.156 e. The van der Waals surface area contributed by atoms with Gasteiger partial charge in [0.2, 0.25) is 0 Å². The lowest BCUT2D eigenvalue weighted by atomic mass is 9.78. The molecule has 178 valence electrons. The van der Waals surface area contributed by atoms with Crippen molar-refractivity contribution in [2.75, 3.05) is 25.7 Å². The van der Waals surface area contributed by atoms with Crippen molar-refractivity contribution < 1.29 is 19.3 Å². The first-order valence-electron chi connectivity index (χ1n) is 10.8. The highest BCUT2D eigenvalue weighted by Gasteiger charge is 2.26. The monoisotopic (exact) mass is 502 g/mol. The third kappa shape index (κ3) is 7.71. The fourth-order valence-electron chi connectivity index (χ4n) is 3.06. The van der Waals surface area contributed by atoms with Crippen molar-refractivity contribution >= 4 is 34.8 Å². The van der Waals surface area contributed by atoms with Gasteiger partial charge < -0.3 is 19.3 Å². The topological polar surface area (TPSA) is 47.9 Å². The van der Waals surface area contributed by atoms with Gasteiger partial charge in [0.1, 0.15) is 18.5 Å². The molecule has 0 amide bonds. The van der Waals surface area contributed by atoms with E-state index in [2.05, 4.69) is 20.8 Å². The predicted octanol–water partition coefficient (Wildman–Crippen LogP) is 6.74. The van der Waals surface area contributed by atoms with Gasteiger partial charge in [-0.05, 0) is 49.2 Å². The highest BCUT2D eigenvalue weighted by molar-refractivity contribution is 6.37. The molecule has 0 aliphatic rings. The normalized spacial score (nSPS) is 13.8. The molecule has 2 aromatic carbocycles. The Balaban J connectivity index is 2.09. The van der Waals surface area contributed by atoms with Crippen LogP contribution in [0.2, 0.25) is 10.0 Å². The first-order valence-corrected chi connectivity index (χ1v) is 12.0. The van der Waals surface area contributed by atoms with Gasteiger partial charge in [0.25, 0.3) is 0 Å². The number of halogens is 3. The maximum atomic E-state index is 9.61. The zero-order valence-corrected chi connectivity index (χ0v) is 21.6. The minimum absolute atomic E-state index is 0.0232. The molecule has 0 spiro atoms. The summed E-state index contributed by atoms with van der Waals surface area (Å²) >= 11 is 18.5. The molecule has 2 atom stereocenters. The molecule has 0 aliphatic heterocycles. The molecular formula is C25H33Cl3O4. The summed E-state index contributed by atoms with van der Waals surface area (Å²) in [6.07, 6.45) is -0.565. The number of benzene rings is 2. The quantitative estimate of drug-likeness (QED) is 0.326. The van der Waals surface area contributed by atoms with Gasteiger partial charge in [0.05, 0.1) is 35.2 Å². The lowest BCUT2D eigenvalue weighted by Crippen LogP contribution is -2.21. The fraction of sp³-hybridized carbons (Fsp3) is 0.520. The second kappa shape index (κ2) is 12.3. The van der Waals surface area contributed by atoms with Gasteiger partial charge in [-0.15, -0.1) is 11.6 Å². The van der Waals surface area contributed by atoms with E-state index in [0.717, 1.165) is 16.9 Å². The first kappa shape index (κ1) is 27.1. The van der Waals surface area contributed by atoms with Crippen LogP contribution in [0.25, 0.3) is 0 Å². The van der Waals surface area contributed by atoms with Crippen molar-refractivity contribution in [3.8, 4) is 11.5 Å². The number of hydrogen-bond acceptors (Lipinski definition) is 4. The van der Waals surface area contributed by atoms with Crippen molar-refractivity contribution in [2.45, 2.75) is 52.2 Å². The molecule has 4 nitrogen and oxygen atoms in total. The summed E-state index contributed by atoms with van der Waals surface area (Å²) in [6.45, 7) is 11.7. The van der Waals surface area contributed by atoms with Crippen LogP contribution >= 0.6 is 34.8 Å². The number of rotatable bonds is 12. The van der Waals surface area contributed by atoms with Crippen LogP contribution in [-0.2, 0) is 10.2 Å². The largest absolute Gasteiger partial charge is 0.493 e. The van der Waals surface area contributed by atoms with Gasteiger partial charge in [-0.2, -0.15) is 0 Å². The van der Waals surface area contributed by atoms with Crippen LogP contribution in [0.3, 0.4) is 0 Å². The van der Waals surface area contributed by atoms with E-state index in [1.165, 1.54) is 0 Å². The van der Waals surface area contributed by atoms with Gasteiger partial charge >= 0.3 is 0 Å². The standard InChI is InChI=1S/C25H33Cl3O4/c1-16(2)30-13-17(3)14-31-21-8-6-18(7-9-21)25(4,5)19-10-22(27)24(23(28)11-19)32-15-20(29)12-26/h6-11,16-17,20,29H,12-15H2,1-5H3/t17-,20-/m0/s1. The van der Waals surface area contributed by atoms with Gasteiger partial charge in [-0.1, -0.05) is 56.1 Å². The number of ether oxygens (including phenoxy) is 3. The number of aliphatic hydroxyl groups is 1. The average Bonchev–Trinajstić information content (AvgIpc) is 2.75. The minimum atomic E-state index is -0.786. The van der Waals surface area contributed by atoms with Crippen LogP contribution in [0.4, 0.5) is 0 Å². The number of aliphatic hydroxyl groups excluding tert-OH is 1. The van der Waals surface area contributed by atoms with E-state index in [9.17, 15) is 5.11 Å². The van der Waals surface area contributed by atoms with Crippen LogP contribution in [0.15, 0.2) is 36.4 Å². The van der Waals surface area contributed by atoms with Crippen LogP contribution in [0.1, 0.15) is 45.7 Å². The maximum absolute atomic E-state index is 9.61. The molecule has 0 saturated carbocycles. The molecule has 0 unspecified atom stereocenters. The first-order chi connectivity index (χ1) is 15.0. The van der Waals surface area contributed by atoms with Crippen LogP contribution in [0, 0.1) is 5.92 Å². The average molecular weight is 504 g/mol. The lowest BCUT2D eigenvalue weighted by Gasteiger charge is -2.27. The molecule has 0 aromatic heterocycles. The van der Waals surface area contributed by atoms with Crippen molar-refractivity contribution in [1.82, 2.24) is 0 Å². The molecule has 0 radical (unpaired) electrons. The highest BCUT2D eigenvalue weighted by Crippen LogP contribution is 2.40. The molecule has 7 heteroatoms. The van der Waals surface area contributed by atoms with Gasteiger partial charge in [-0.25, -0.2) is 0 Å². The van der Waals surface area contributed by atoms with Crippen molar-refractivity contribution in [1.29, 1.82) is 0 Å². The molecule has 0 aliphatic carbocycles. The second-order valence-electron chi connectivity index (χ2n) is 8.84. The Bertz CT molecular complexity index is 830. The van der Waals surface area contributed by atoms with E-state index in [1.54, 1.807) is 0 Å². The van der Waals surface area contributed by atoms with E-state index in [1.807, 2.05) is 50.2 Å². The Morgan fingerprint density at radius 2 is 1.47 bits per heavy atom. The van der Waals surface area contributed by atoms with Gasteiger partial charge in [0, 0.05) is 11.3 Å². The summed E-state index contributed by atoms with van der Waals surface area (Å²) in [5.41, 5.74) is 1.70. The van der Waals surface area contributed by atoms with Crippen LogP contribution < -0.4 is 9.47 Å². The molecular weight excluding hydrogens is 471 g/mol. The van der Waals surface area contributed by atoms with E-state index < -0.39 is 6.10 Å². The summed E-state index contributed by atoms with van der Waals surface area (Å²) in [4.78, 5) is 0. The fourth-order valence-corrected chi connectivity index (χ4v) is 3.75. The second-order valence-corrected chi connectivity index (χ2v) is 9.96. The van der Waals surface area contributed by atoms with E-state index in [4.69, 9.17) is 49.0 Å². The van der Waals surface area contributed by atoms with Crippen molar-refractivity contribution in [2.24, 2.45) is 5.92 Å². The Labute approximate surface area is 206 Å². The van der Waals surface area contributed by atoms with E-state index >= 15 is 0 Å². The third-order valence-electron chi connectivity index (χ3n) is 5.14. The minimum Gasteiger partial charge on any atom is -0.493 e. The SMILES string of the molecule is CC(C)OC[C@H](C)COc1ccc(C(C)(C)c2cc(Cl)c(OC[C@@H](O)CCl)c(Cl)c2)cc1. The molecule has 0 bridgehead atoms. The van der Waals surface area contributed by atoms with Crippen LogP contribution in [-0.4, -0.2) is 43.0 Å². The van der Waals surface area contributed by atoms with Gasteiger partial charge in [0.15, 0.2) is 5.75 Å². The highest BCUT2D eigenvalue weighted by atomic mass is 35.5. The zero-order valence-electron chi connectivity index (χ0n) is 19.3. The van der Waals surface area contributed by atoms with Crippen molar-refractivity contribution in [3.05, 3.63) is 57.6 Å². The molecule has 2 rings (SSSR count). The Morgan fingerprint density at radius 1 is 0.875 bits per heavy atom. The summed E-state index contributed by atoms with van der Waals surface area (Å²) in [6, 6.07) is 11.7. The van der Waals surface area contributed by atoms with E-state index in [0.29, 0.717) is 34.9 Å². The summed E-state index contributed by atoms with van der Waals surface area (Å²) < 4.78 is 17.1. The molecule has 0 heterocycles. The van der Waals surface area contributed by atoms with E-state index in [-0.39, 0.29) is 24.0 Å². The Kier molecular flexibility index (Phi) is 10.4. The molecule has 1 N–H and O–H groups in total. The summed E-state index contributed by atoms with van der Waals surface area (Å²) in [5, 5.41) is 10.4. The predicted molar refractivity (Wildman–Crippen MR) is 133 cm³/mol. The molecule has 0 saturated heterocycles. The molecule has 2 aromatic rings. The Morgan fingerprint density at radius 3 is 2.00 bits per heavy atom. The lowest BCUT2D eigenvalue weighted by molar-refractivity contribution is 0.0427. The Hall–Kier alpha value is -1.17. The number of alkyl halides is 1. The third-order valence-corrected chi connectivity index (χ3v) is 6.06.